The van der Waals surface area contributed by atoms with Crippen molar-refractivity contribution in [3.63, 3.8) is 0 Å². The summed E-state index contributed by atoms with van der Waals surface area (Å²) in [4.78, 5) is 1.22. The number of hydrogen-bond donors (Lipinski definition) is 0. The molecular weight excluding hydrogens is 396 g/mol. The molecule has 3 nitrogen and oxygen atoms in total. The Bertz CT molecular complexity index is 908. The van der Waals surface area contributed by atoms with Crippen molar-refractivity contribution in [1.82, 2.24) is 0 Å². The smallest absolute Gasteiger partial charge is 0.124 e. The van der Waals surface area contributed by atoms with Crippen LogP contribution in [0.3, 0.4) is 0 Å². The molecule has 0 radical (unpaired) electrons. The lowest BCUT2D eigenvalue weighted by atomic mass is 10.00. The largest absolute Gasteiger partial charge is 0.496 e. The zero-order chi connectivity index (χ0) is 17.2. The third-order valence-corrected chi connectivity index (χ3v) is 5.70. The van der Waals surface area contributed by atoms with Crippen molar-refractivity contribution in [3.05, 3.63) is 81.0 Å². The third kappa shape index (κ3) is 3.22. The average Bonchev–Trinajstić information content (AvgIpc) is 3.31. The number of ether oxygens (including phenoxy) is 1. The second-order valence-electron chi connectivity index (χ2n) is 5.81. The molecule has 4 rings (SSSR count). The van der Waals surface area contributed by atoms with E-state index in [0.717, 1.165) is 33.6 Å². The van der Waals surface area contributed by atoms with Gasteiger partial charge in [0.1, 0.15) is 5.75 Å². The lowest BCUT2D eigenvalue weighted by molar-refractivity contribution is 0.405. The maximum absolute atomic E-state index is 5.61. The summed E-state index contributed by atoms with van der Waals surface area (Å²) in [5, 5.41) is 9.16. The van der Waals surface area contributed by atoms with E-state index in [-0.39, 0.29) is 6.04 Å². The van der Waals surface area contributed by atoms with Crippen molar-refractivity contribution < 1.29 is 4.74 Å². The highest BCUT2D eigenvalue weighted by Crippen LogP contribution is 2.41. The van der Waals surface area contributed by atoms with E-state index < -0.39 is 0 Å². The van der Waals surface area contributed by atoms with Gasteiger partial charge in [0, 0.05) is 16.5 Å². The maximum atomic E-state index is 5.61. The number of thiophene rings is 1. The first-order valence-corrected chi connectivity index (χ1v) is 9.72. The molecule has 0 fully saturated rings. The summed E-state index contributed by atoms with van der Waals surface area (Å²) in [6, 6.07) is 20.8. The standard InChI is InChI=1S/C20H17BrN2OS/c1-24-19-9-3-2-8-16(19)18-13-17(20-10-5-11-25-20)22-23(18)15-7-4-6-14(21)12-15/h2-12,18H,13H2,1H3/t18-/m1/s1. The predicted octanol–water partition coefficient (Wildman–Crippen LogP) is 5.87. The Balaban J connectivity index is 1.79. The van der Waals surface area contributed by atoms with E-state index in [1.54, 1.807) is 18.4 Å². The lowest BCUT2D eigenvalue weighted by Gasteiger charge is -2.25. The Morgan fingerprint density at radius 1 is 1.12 bits per heavy atom. The summed E-state index contributed by atoms with van der Waals surface area (Å²) in [7, 11) is 1.72. The normalized spacial score (nSPS) is 16.8. The topological polar surface area (TPSA) is 24.8 Å². The van der Waals surface area contributed by atoms with Crippen molar-refractivity contribution in [3.8, 4) is 5.75 Å². The number of nitrogens with zero attached hydrogens (tertiary/aromatic N) is 2. The molecule has 25 heavy (non-hydrogen) atoms. The van der Waals surface area contributed by atoms with Crippen LogP contribution in [0.15, 0.2) is 75.6 Å². The molecule has 0 bridgehead atoms. The van der Waals surface area contributed by atoms with Gasteiger partial charge in [0.15, 0.2) is 0 Å². The van der Waals surface area contributed by atoms with Gasteiger partial charge in [0.05, 0.1) is 29.4 Å². The van der Waals surface area contributed by atoms with Crippen LogP contribution in [0.25, 0.3) is 0 Å². The number of rotatable bonds is 4. The second-order valence-corrected chi connectivity index (χ2v) is 7.67. The Labute approximate surface area is 159 Å². The Morgan fingerprint density at radius 3 is 2.76 bits per heavy atom. The van der Waals surface area contributed by atoms with E-state index in [4.69, 9.17) is 9.84 Å². The number of hydrazone groups is 1. The maximum Gasteiger partial charge on any atom is 0.124 e. The molecule has 1 aromatic heterocycles. The summed E-state index contributed by atoms with van der Waals surface area (Å²) in [5.41, 5.74) is 3.34. The molecule has 1 aliphatic rings. The van der Waals surface area contributed by atoms with Crippen LogP contribution >= 0.6 is 27.3 Å². The lowest BCUT2D eigenvalue weighted by Crippen LogP contribution is -2.19. The van der Waals surface area contributed by atoms with Crippen LogP contribution in [0.4, 0.5) is 5.69 Å². The number of hydrogen-bond acceptors (Lipinski definition) is 4. The van der Waals surface area contributed by atoms with Crippen molar-refractivity contribution in [1.29, 1.82) is 0 Å². The summed E-state index contributed by atoms with van der Waals surface area (Å²) in [6.45, 7) is 0. The molecule has 0 unspecified atom stereocenters. The van der Waals surface area contributed by atoms with E-state index in [1.165, 1.54) is 4.88 Å². The van der Waals surface area contributed by atoms with Crippen LogP contribution in [0.1, 0.15) is 22.9 Å². The van der Waals surface area contributed by atoms with Crippen LogP contribution < -0.4 is 9.75 Å². The fourth-order valence-electron chi connectivity index (χ4n) is 3.14. The van der Waals surface area contributed by atoms with Gasteiger partial charge in [-0.1, -0.05) is 46.3 Å². The van der Waals surface area contributed by atoms with Crippen LogP contribution in [-0.2, 0) is 0 Å². The Kier molecular flexibility index (Phi) is 4.59. The summed E-state index contributed by atoms with van der Waals surface area (Å²) < 4.78 is 6.65. The van der Waals surface area contributed by atoms with Gasteiger partial charge in [-0.2, -0.15) is 5.10 Å². The van der Waals surface area contributed by atoms with Crippen molar-refractivity contribution in [2.75, 3.05) is 12.1 Å². The first kappa shape index (κ1) is 16.4. The molecule has 1 atom stereocenters. The predicted molar refractivity (Wildman–Crippen MR) is 108 cm³/mol. The van der Waals surface area contributed by atoms with Crippen LogP contribution in [-0.4, -0.2) is 12.8 Å². The number of benzene rings is 2. The van der Waals surface area contributed by atoms with E-state index >= 15 is 0 Å². The fourth-order valence-corrected chi connectivity index (χ4v) is 4.25. The number of para-hydroxylation sites is 1. The van der Waals surface area contributed by atoms with Crippen LogP contribution in [0.2, 0.25) is 0 Å². The highest BCUT2D eigenvalue weighted by atomic mass is 79.9. The molecule has 0 amide bonds. The second kappa shape index (κ2) is 7.02. The molecule has 2 heterocycles. The molecular formula is C20H17BrN2OS. The third-order valence-electron chi connectivity index (χ3n) is 4.29. The fraction of sp³-hybridized carbons (Fsp3) is 0.150. The SMILES string of the molecule is COc1ccccc1[C@H]1CC(c2cccs2)=NN1c1cccc(Br)c1. The van der Waals surface area contributed by atoms with Gasteiger partial charge in [-0.15, -0.1) is 11.3 Å². The van der Waals surface area contributed by atoms with Crippen molar-refractivity contribution in [2.45, 2.75) is 12.5 Å². The monoisotopic (exact) mass is 412 g/mol. The average molecular weight is 413 g/mol. The highest BCUT2D eigenvalue weighted by Gasteiger charge is 2.32. The van der Waals surface area contributed by atoms with Crippen LogP contribution in [0.5, 0.6) is 5.75 Å². The number of methoxy groups -OCH3 is 1. The van der Waals surface area contributed by atoms with E-state index in [0.29, 0.717) is 0 Å². The van der Waals surface area contributed by atoms with E-state index in [1.807, 2.05) is 24.3 Å². The molecule has 3 aromatic rings. The zero-order valence-corrected chi connectivity index (χ0v) is 16.1. The minimum Gasteiger partial charge on any atom is -0.496 e. The number of halogens is 1. The van der Waals surface area contributed by atoms with Gasteiger partial charge in [-0.05, 0) is 35.7 Å². The van der Waals surface area contributed by atoms with Gasteiger partial charge in [-0.3, -0.25) is 5.01 Å². The highest BCUT2D eigenvalue weighted by molar-refractivity contribution is 9.10. The molecule has 2 aromatic carbocycles. The summed E-state index contributed by atoms with van der Waals surface area (Å²) >= 11 is 5.30. The van der Waals surface area contributed by atoms with Gasteiger partial charge in [0.2, 0.25) is 0 Å². The molecule has 0 N–H and O–H groups in total. The Morgan fingerprint density at radius 2 is 2.00 bits per heavy atom. The molecule has 5 heteroatoms. The first-order chi connectivity index (χ1) is 12.3. The van der Waals surface area contributed by atoms with Crippen LogP contribution in [0, 0.1) is 0 Å². The van der Waals surface area contributed by atoms with Gasteiger partial charge >= 0.3 is 0 Å². The molecule has 0 saturated carbocycles. The quantitative estimate of drug-likeness (QED) is 0.534. The zero-order valence-electron chi connectivity index (χ0n) is 13.7. The van der Waals surface area contributed by atoms with Gasteiger partial charge in [0.25, 0.3) is 0 Å². The summed E-state index contributed by atoms with van der Waals surface area (Å²) in [5.74, 6) is 0.898. The molecule has 0 aliphatic carbocycles. The molecule has 1 aliphatic heterocycles. The van der Waals surface area contributed by atoms with Crippen molar-refractivity contribution in [2.24, 2.45) is 5.10 Å². The molecule has 126 valence electrons. The molecule has 0 spiro atoms. The van der Waals surface area contributed by atoms with Gasteiger partial charge in [-0.25, -0.2) is 0 Å². The van der Waals surface area contributed by atoms with Crippen molar-refractivity contribution >= 4 is 38.7 Å². The van der Waals surface area contributed by atoms with Gasteiger partial charge < -0.3 is 4.74 Å². The van der Waals surface area contributed by atoms with E-state index in [9.17, 15) is 0 Å². The first-order valence-electron chi connectivity index (χ1n) is 8.05. The minimum absolute atomic E-state index is 0.113. The minimum atomic E-state index is 0.113. The summed E-state index contributed by atoms with van der Waals surface area (Å²) in [6.07, 6.45) is 0.855. The molecule has 0 saturated heterocycles. The van der Waals surface area contributed by atoms with E-state index in [2.05, 4.69) is 62.7 Å². The number of anilines is 1. The Hall–Kier alpha value is -2.11.